The molecule has 1 aliphatic rings. The number of carbonyl (C=O) groups excluding carboxylic acids is 1. The first kappa shape index (κ1) is 13.9. The lowest BCUT2D eigenvalue weighted by Gasteiger charge is -2.33. The normalized spacial score (nSPS) is 17.7. The molecule has 1 amide bonds. The molecule has 0 unspecified atom stereocenters. The van der Waals surface area contributed by atoms with Crippen molar-refractivity contribution < 1.29 is 9.53 Å². The van der Waals surface area contributed by atoms with Crippen molar-refractivity contribution in [1.29, 1.82) is 0 Å². The van der Waals surface area contributed by atoms with Gasteiger partial charge in [-0.15, -0.1) is 0 Å². The molecule has 1 aromatic carbocycles. The molecule has 1 saturated heterocycles. The van der Waals surface area contributed by atoms with Crippen LogP contribution < -0.4 is 10.6 Å². The summed E-state index contributed by atoms with van der Waals surface area (Å²) in [6.07, 6.45) is 1.85. The summed E-state index contributed by atoms with van der Waals surface area (Å²) in [6, 6.07) is 9.71. The molecule has 2 N–H and O–H groups in total. The van der Waals surface area contributed by atoms with Gasteiger partial charge in [-0.05, 0) is 36.9 Å². The largest absolute Gasteiger partial charge is 0.445 e. The van der Waals surface area contributed by atoms with E-state index < -0.39 is 0 Å². The average Bonchev–Trinajstić information content (AvgIpc) is 2.45. The van der Waals surface area contributed by atoms with Gasteiger partial charge < -0.3 is 15.4 Å². The topological polar surface area (TPSA) is 50.4 Å². The maximum Gasteiger partial charge on any atom is 0.407 e. The molecule has 4 heteroatoms. The number of carbonyl (C=O) groups is 1. The SMILES string of the molecule is CC1(CNC(=O)OCc2ccccc2)CCNCC1. The smallest absolute Gasteiger partial charge is 0.407 e. The molecule has 4 nitrogen and oxygen atoms in total. The second-order valence-electron chi connectivity index (χ2n) is 5.48. The molecule has 0 aromatic heterocycles. The monoisotopic (exact) mass is 262 g/mol. The van der Waals surface area contributed by atoms with Crippen molar-refractivity contribution >= 4 is 6.09 Å². The lowest BCUT2D eigenvalue weighted by molar-refractivity contribution is 0.130. The van der Waals surface area contributed by atoms with E-state index in [2.05, 4.69) is 17.6 Å². The quantitative estimate of drug-likeness (QED) is 0.875. The van der Waals surface area contributed by atoms with Crippen LogP contribution in [0.1, 0.15) is 25.3 Å². The summed E-state index contributed by atoms with van der Waals surface area (Å²) in [5.74, 6) is 0. The van der Waals surface area contributed by atoms with Gasteiger partial charge >= 0.3 is 6.09 Å². The van der Waals surface area contributed by atoms with Gasteiger partial charge in [0.1, 0.15) is 6.61 Å². The Morgan fingerprint density at radius 3 is 2.68 bits per heavy atom. The molecule has 2 rings (SSSR count). The number of alkyl carbamates (subject to hydrolysis) is 1. The second kappa shape index (κ2) is 6.57. The minimum absolute atomic E-state index is 0.191. The minimum Gasteiger partial charge on any atom is -0.445 e. The second-order valence-corrected chi connectivity index (χ2v) is 5.48. The first-order valence-corrected chi connectivity index (χ1v) is 6.83. The van der Waals surface area contributed by atoms with E-state index in [-0.39, 0.29) is 11.5 Å². The highest BCUT2D eigenvalue weighted by molar-refractivity contribution is 5.67. The van der Waals surface area contributed by atoms with Crippen molar-refractivity contribution in [3.05, 3.63) is 35.9 Å². The number of benzene rings is 1. The lowest BCUT2D eigenvalue weighted by atomic mass is 9.81. The third-order valence-corrected chi connectivity index (χ3v) is 3.68. The van der Waals surface area contributed by atoms with Crippen LogP contribution in [0.2, 0.25) is 0 Å². The van der Waals surface area contributed by atoms with Gasteiger partial charge in [0.25, 0.3) is 0 Å². The molecule has 1 aliphatic heterocycles. The predicted octanol–water partition coefficient (Wildman–Crippen LogP) is 2.30. The molecule has 19 heavy (non-hydrogen) atoms. The fourth-order valence-electron chi connectivity index (χ4n) is 2.27. The highest BCUT2D eigenvalue weighted by Crippen LogP contribution is 2.26. The number of rotatable bonds is 4. The minimum atomic E-state index is -0.330. The van der Waals surface area contributed by atoms with Crippen LogP contribution in [0.3, 0.4) is 0 Å². The molecule has 0 atom stereocenters. The summed E-state index contributed by atoms with van der Waals surface area (Å²) in [7, 11) is 0. The third kappa shape index (κ3) is 4.56. The van der Waals surface area contributed by atoms with Crippen LogP contribution in [-0.2, 0) is 11.3 Å². The average molecular weight is 262 g/mol. The molecule has 0 spiro atoms. The Balaban J connectivity index is 1.70. The Bertz CT molecular complexity index is 400. The Morgan fingerprint density at radius 1 is 1.32 bits per heavy atom. The van der Waals surface area contributed by atoms with Crippen molar-refractivity contribution in [2.24, 2.45) is 5.41 Å². The van der Waals surface area contributed by atoms with Crippen molar-refractivity contribution in [1.82, 2.24) is 10.6 Å². The van der Waals surface area contributed by atoms with E-state index in [9.17, 15) is 4.79 Å². The summed E-state index contributed by atoms with van der Waals surface area (Å²) in [5, 5.41) is 6.20. The molecule has 1 heterocycles. The van der Waals surface area contributed by atoms with Crippen LogP contribution in [0.25, 0.3) is 0 Å². The van der Waals surface area contributed by atoms with Crippen LogP contribution in [0.5, 0.6) is 0 Å². The molecule has 0 aliphatic carbocycles. The van der Waals surface area contributed by atoms with E-state index in [0.29, 0.717) is 13.2 Å². The third-order valence-electron chi connectivity index (χ3n) is 3.68. The van der Waals surface area contributed by atoms with E-state index in [1.165, 1.54) is 0 Å². The molecule has 0 radical (unpaired) electrons. The summed E-state index contributed by atoms with van der Waals surface area (Å²) >= 11 is 0. The number of ether oxygens (including phenoxy) is 1. The zero-order chi connectivity index (χ0) is 13.6. The number of hydrogen-bond acceptors (Lipinski definition) is 3. The molecular formula is C15H22N2O2. The summed E-state index contributed by atoms with van der Waals surface area (Å²) in [5.41, 5.74) is 1.20. The Morgan fingerprint density at radius 2 is 2.00 bits per heavy atom. The maximum atomic E-state index is 11.7. The van der Waals surface area contributed by atoms with Crippen LogP contribution in [-0.4, -0.2) is 25.7 Å². The van der Waals surface area contributed by atoms with E-state index in [1.807, 2.05) is 30.3 Å². The Kier molecular flexibility index (Phi) is 4.80. The van der Waals surface area contributed by atoms with Crippen LogP contribution >= 0.6 is 0 Å². The highest BCUT2D eigenvalue weighted by atomic mass is 16.5. The lowest BCUT2D eigenvalue weighted by Crippen LogP contribution is -2.43. The summed E-state index contributed by atoms with van der Waals surface area (Å²) in [4.78, 5) is 11.7. The Hall–Kier alpha value is -1.55. The maximum absolute atomic E-state index is 11.7. The highest BCUT2D eigenvalue weighted by Gasteiger charge is 2.27. The van der Waals surface area contributed by atoms with Gasteiger partial charge in [0.2, 0.25) is 0 Å². The van der Waals surface area contributed by atoms with Gasteiger partial charge in [0.05, 0.1) is 0 Å². The van der Waals surface area contributed by atoms with Crippen molar-refractivity contribution in [3.8, 4) is 0 Å². The standard InChI is InChI=1S/C15H22N2O2/c1-15(7-9-16-10-8-15)12-17-14(18)19-11-13-5-3-2-4-6-13/h2-6,16H,7-12H2,1H3,(H,17,18). The van der Waals surface area contributed by atoms with Gasteiger partial charge in [-0.25, -0.2) is 4.79 Å². The molecule has 1 fully saturated rings. The fraction of sp³-hybridized carbons (Fsp3) is 0.533. The van der Waals surface area contributed by atoms with Crippen LogP contribution in [0.4, 0.5) is 4.79 Å². The van der Waals surface area contributed by atoms with Gasteiger partial charge in [-0.3, -0.25) is 0 Å². The summed E-state index contributed by atoms with van der Waals surface area (Å²) in [6.45, 7) is 5.27. The summed E-state index contributed by atoms with van der Waals surface area (Å²) < 4.78 is 5.20. The molecular weight excluding hydrogens is 240 g/mol. The van der Waals surface area contributed by atoms with Gasteiger partial charge in [-0.1, -0.05) is 37.3 Å². The fourth-order valence-corrected chi connectivity index (χ4v) is 2.27. The first-order chi connectivity index (χ1) is 9.18. The number of amides is 1. The van der Waals surface area contributed by atoms with E-state index in [4.69, 9.17) is 4.74 Å². The molecule has 0 saturated carbocycles. The van der Waals surface area contributed by atoms with Crippen LogP contribution in [0, 0.1) is 5.41 Å². The van der Waals surface area contributed by atoms with Gasteiger partial charge in [0, 0.05) is 6.54 Å². The van der Waals surface area contributed by atoms with Crippen molar-refractivity contribution in [2.45, 2.75) is 26.4 Å². The zero-order valence-corrected chi connectivity index (χ0v) is 11.4. The molecule has 104 valence electrons. The number of nitrogens with one attached hydrogen (secondary N) is 2. The molecule has 1 aromatic rings. The van der Waals surface area contributed by atoms with E-state index >= 15 is 0 Å². The first-order valence-electron chi connectivity index (χ1n) is 6.83. The Labute approximate surface area is 114 Å². The van der Waals surface area contributed by atoms with Crippen LogP contribution in [0.15, 0.2) is 30.3 Å². The van der Waals surface area contributed by atoms with Crippen molar-refractivity contribution in [3.63, 3.8) is 0 Å². The number of hydrogen-bond donors (Lipinski definition) is 2. The van der Waals surface area contributed by atoms with E-state index in [0.717, 1.165) is 31.5 Å². The van der Waals surface area contributed by atoms with Gasteiger partial charge in [0.15, 0.2) is 0 Å². The van der Waals surface area contributed by atoms with E-state index in [1.54, 1.807) is 0 Å². The molecule has 0 bridgehead atoms. The zero-order valence-electron chi connectivity index (χ0n) is 11.4. The van der Waals surface area contributed by atoms with Gasteiger partial charge in [-0.2, -0.15) is 0 Å². The predicted molar refractivity (Wildman–Crippen MR) is 74.8 cm³/mol. The van der Waals surface area contributed by atoms with Crippen molar-refractivity contribution in [2.75, 3.05) is 19.6 Å². The number of piperidine rings is 1.